The van der Waals surface area contributed by atoms with E-state index in [1.165, 1.54) is 0 Å². The third-order valence-electron chi connectivity index (χ3n) is 3.19. The summed E-state index contributed by atoms with van der Waals surface area (Å²) in [6.07, 6.45) is 1.15. The monoisotopic (exact) mass is 294 g/mol. The summed E-state index contributed by atoms with van der Waals surface area (Å²) in [7, 11) is 0. The van der Waals surface area contributed by atoms with Gasteiger partial charge in [-0.15, -0.1) is 0 Å². The lowest BCUT2D eigenvalue weighted by molar-refractivity contribution is -0.386. The molecule has 0 aromatic carbocycles. The first-order valence-corrected chi connectivity index (χ1v) is 7.34. The number of nitrogens with zero attached hydrogens (tertiary/aromatic N) is 3. The quantitative estimate of drug-likeness (QED) is 0.477. The first kappa shape index (κ1) is 17.4. The van der Waals surface area contributed by atoms with Gasteiger partial charge < -0.3 is 5.32 Å². The van der Waals surface area contributed by atoms with Gasteiger partial charge in [0, 0.05) is 12.1 Å². The highest BCUT2D eigenvalue weighted by Crippen LogP contribution is 2.25. The SMILES string of the molecule is C=C(CNC(C)(C)C)Cn1nc(CC)c([N+](=O)[O-])c1CC. The van der Waals surface area contributed by atoms with Crippen LogP contribution in [0.1, 0.15) is 46.0 Å². The average Bonchev–Trinajstić information content (AvgIpc) is 2.73. The van der Waals surface area contributed by atoms with Crippen molar-refractivity contribution in [2.24, 2.45) is 0 Å². The molecule has 1 N–H and O–H groups in total. The van der Waals surface area contributed by atoms with Crippen molar-refractivity contribution in [2.45, 2.75) is 59.5 Å². The van der Waals surface area contributed by atoms with E-state index in [4.69, 9.17) is 0 Å². The standard InChI is InChI=1S/C15H26N4O2/c1-7-12-14(19(20)21)13(8-2)18(17-12)10-11(3)9-16-15(4,5)6/h16H,3,7-10H2,1-2,4-6H3. The minimum absolute atomic E-state index is 0.0151. The molecule has 1 aromatic rings. The highest BCUT2D eigenvalue weighted by molar-refractivity contribution is 5.41. The van der Waals surface area contributed by atoms with Crippen molar-refractivity contribution in [3.8, 4) is 0 Å². The normalized spacial score (nSPS) is 11.7. The molecule has 1 aromatic heterocycles. The molecule has 0 atom stereocenters. The molecule has 0 aliphatic carbocycles. The van der Waals surface area contributed by atoms with E-state index < -0.39 is 0 Å². The Hall–Kier alpha value is -1.69. The molecule has 0 saturated carbocycles. The van der Waals surface area contributed by atoms with E-state index >= 15 is 0 Å². The van der Waals surface area contributed by atoms with Crippen LogP contribution >= 0.6 is 0 Å². The summed E-state index contributed by atoms with van der Waals surface area (Å²) in [5.41, 5.74) is 2.36. The second-order valence-corrected chi connectivity index (χ2v) is 6.22. The summed E-state index contributed by atoms with van der Waals surface area (Å²) in [6, 6.07) is 0. The van der Waals surface area contributed by atoms with E-state index in [1.807, 2.05) is 13.8 Å². The number of rotatable bonds is 7. The first-order valence-electron chi connectivity index (χ1n) is 7.34. The fourth-order valence-corrected chi connectivity index (χ4v) is 2.13. The summed E-state index contributed by atoms with van der Waals surface area (Å²) in [6.45, 7) is 15.3. The lowest BCUT2D eigenvalue weighted by Crippen LogP contribution is -2.37. The smallest absolute Gasteiger partial charge is 0.308 e. The van der Waals surface area contributed by atoms with Crippen molar-refractivity contribution < 1.29 is 4.92 Å². The summed E-state index contributed by atoms with van der Waals surface area (Å²) < 4.78 is 1.73. The highest BCUT2D eigenvalue weighted by Gasteiger charge is 2.25. The van der Waals surface area contributed by atoms with E-state index in [0.29, 0.717) is 37.3 Å². The highest BCUT2D eigenvalue weighted by atomic mass is 16.6. The van der Waals surface area contributed by atoms with Crippen LogP contribution in [0.3, 0.4) is 0 Å². The van der Waals surface area contributed by atoms with Crippen LogP contribution in [0.4, 0.5) is 5.69 Å². The van der Waals surface area contributed by atoms with Gasteiger partial charge in [-0.05, 0) is 39.2 Å². The van der Waals surface area contributed by atoms with Gasteiger partial charge in [0.05, 0.1) is 11.5 Å². The summed E-state index contributed by atoms with van der Waals surface area (Å²) >= 11 is 0. The van der Waals surface area contributed by atoms with E-state index in [-0.39, 0.29) is 16.1 Å². The molecule has 6 nitrogen and oxygen atoms in total. The lowest BCUT2D eigenvalue weighted by atomic mass is 10.1. The Kier molecular flexibility index (Phi) is 5.66. The van der Waals surface area contributed by atoms with Crippen LogP contribution in [-0.2, 0) is 19.4 Å². The maximum atomic E-state index is 11.2. The molecule has 0 amide bonds. The number of aryl methyl sites for hydroxylation is 1. The van der Waals surface area contributed by atoms with Gasteiger partial charge in [-0.1, -0.05) is 20.4 Å². The van der Waals surface area contributed by atoms with E-state index in [1.54, 1.807) is 4.68 Å². The minimum Gasteiger partial charge on any atom is -0.308 e. The molecule has 0 fully saturated rings. The van der Waals surface area contributed by atoms with Gasteiger partial charge in [-0.2, -0.15) is 5.10 Å². The Balaban J connectivity index is 2.93. The predicted octanol–water partition coefficient (Wildman–Crippen LogP) is 2.86. The maximum Gasteiger partial charge on any atom is 0.313 e. The van der Waals surface area contributed by atoms with Crippen molar-refractivity contribution in [1.82, 2.24) is 15.1 Å². The molecule has 0 radical (unpaired) electrons. The molecule has 1 heterocycles. The first-order chi connectivity index (χ1) is 9.69. The molecule has 0 bridgehead atoms. The second kappa shape index (κ2) is 6.85. The third-order valence-corrected chi connectivity index (χ3v) is 3.19. The number of nitro groups is 1. The predicted molar refractivity (Wildman–Crippen MR) is 84.5 cm³/mol. The Labute approximate surface area is 126 Å². The summed E-state index contributed by atoms with van der Waals surface area (Å²) in [5, 5.41) is 19.0. The van der Waals surface area contributed by atoms with Crippen molar-refractivity contribution >= 4 is 5.69 Å². The molecule has 21 heavy (non-hydrogen) atoms. The van der Waals surface area contributed by atoms with Gasteiger partial charge in [-0.3, -0.25) is 14.8 Å². The van der Waals surface area contributed by atoms with Crippen LogP contribution in [0.2, 0.25) is 0 Å². The van der Waals surface area contributed by atoms with Crippen LogP contribution in [0.25, 0.3) is 0 Å². The molecule has 0 aliphatic rings. The van der Waals surface area contributed by atoms with Gasteiger partial charge in [0.15, 0.2) is 0 Å². The van der Waals surface area contributed by atoms with Crippen molar-refractivity contribution in [2.75, 3.05) is 6.54 Å². The van der Waals surface area contributed by atoms with Crippen LogP contribution in [0.15, 0.2) is 12.2 Å². The van der Waals surface area contributed by atoms with Crippen LogP contribution < -0.4 is 5.32 Å². The Morgan fingerprint density at radius 2 is 2.00 bits per heavy atom. The van der Waals surface area contributed by atoms with Crippen LogP contribution in [-0.4, -0.2) is 26.8 Å². The molecule has 0 saturated heterocycles. The fourth-order valence-electron chi connectivity index (χ4n) is 2.13. The molecular weight excluding hydrogens is 268 g/mol. The van der Waals surface area contributed by atoms with E-state index in [2.05, 4.69) is 37.8 Å². The maximum absolute atomic E-state index is 11.2. The van der Waals surface area contributed by atoms with Crippen LogP contribution in [0, 0.1) is 10.1 Å². The van der Waals surface area contributed by atoms with Crippen LogP contribution in [0.5, 0.6) is 0 Å². The van der Waals surface area contributed by atoms with E-state index in [0.717, 1.165) is 5.57 Å². The molecular formula is C15H26N4O2. The molecule has 0 spiro atoms. The lowest BCUT2D eigenvalue weighted by Gasteiger charge is -2.21. The third kappa shape index (κ3) is 4.67. The largest absolute Gasteiger partial charge is 0.313 e. The zero-order chi connectivity index (χ0) is 16.2. The van der Waals surface area contributed by atoms with E-state index in [9.17, 15) is 10.1 Å². The average molecular weight is 294 g/mol. The summed E-state index contributed by atoms with van der Waals surface area (Å²) in [5.74, 6) is 0. The van der Waals surface area contributed by atoms with Crippen molar-refractivity contribution in [1.29, 1.82) is 0 Å². The van der Waals surface area contributed by atoms with Gasteiger partial charge in [0.25, 0.3) is 0 Å². The van der Waals surface area contributed by atoms with Crippen molar-refractivity contribution in [3.05, 3.63) is 33.7 Å². The number of nitrogens with one attached hydrogen (secondary N) is 1. The Morgan fingerprint density at radius 1 is 1.38 bits per heavy atom. The Morgan fingerprint density at radius 3 is 2.43 bits per heavy atom. The van der Waals surface area contributed by atoms with Gasteiger partial charge in [0.1, 0.15) is 11.4 Å². The van der Waals surface area contributed by atoms with Gasteiger partial charge >= 0.3 is 5.69 Å². The van der Waals surface area contributed by atoms with Gasteiger partial charge in [0.2, 0.25) is 0 Å². The van der Waals surface area contributed by atoms with Gasteiger partial charge in [-0.25, -0.2) is 0 Å². The molecule has 0 unspecified atom stereocenters. The molecule has 1 rings (SSSR count). The molecule has 6 heteroatoms. The number of hydrogen-bond acceptors (Lipinski definition) is 4. The fraction of sp³-hybridized carbons (Fsp3) is 0.667. The number of aromatic nitrogens is 2. The molecule has 0 aliphatic heterocycles. The topological polar surface area (TPSA) is 73.0 Å². The summed E-state index contributed by atoms with van der Waals surface area (Å²) in [4.78, 5) is 10.9. The number of hydrogen-bond donors (Lipinski definition) is 1. The van der Waals surface area contributed by atoms with Crippen molar-refractivity contribution in [3.63, 3.8) is 0 Å². The minimum atomic E-state index is -0.322. The Bertz CT molecular complexity index is 527. The molecule has 118 valence electrons. The zero-order valence-corrected chi connectivity index (χ0v) is 13.7. The zero-order valence-electron chi connectivity index (χ0n) is 13.7. The second-order valence-electron chi connectivity index (χ2n) is 6.22.